The maximum atomic E-state index is 8.82. The molecule has 1 aliphatic carbocycles. The zero-order chi connectivity index (χ0) is 12.6. The summed E-state index contributed by atoms with van der Waals surface area (Å²) in [5, 5.41) is 12.4. The Morgan fingerprint density at radius 2 is 1.95 bits per heavy atom. The summed E-state index contributed by atoms with van der Waals surface area (Å²) in [6, 6.07) is 10.6. The van der Waals surface area contributed by atoms with Crippen LogP contribution in [0.5, 0.6) is 0 Å². The average molecular weight is 275 g/mol. The summed E-state index contributed by atoms with van der Waals surface area (Å²) in [5.41, 5.74) is 3.98. The summed E-state index contributed by atoms with van der Waals surface area (Å²) in [6.45, 7) is 5.17. The lowest BCUT2D eigenvalue weighted by molar-refractivity contribution is 0.112. The number of nitriles is 1. The van der Waals surface area contributed by atoms with Crippen molar-refractivity contribution in [1.29, 1.82) is 5.26 Å². The highest BCUT2D eigenvalue weighted by Crippen LogP contribution is 2.53. The summed E-state index contributed by atoms with van der Waals surface area (Å²) in [5.74, 6) is 0. The van der Waals surface area contributed by atoms with Gasteiger partial charge in [0, 0.05) is 6.04 Å². The van der Waals surface area contributed by atoms with Crippen molar-refractivity contribution in [2.45, 2.75) is 31.7 Å². The highest BCUT2D eigenvalue weighted by molar-refractivity contribution is 5.85. The molecule has 100 valence electrons. The molecule has 2 aliphatic rings. The van der Waals surface area contributed by atoms with Crippen LogP contribution in [-0.4, -0.2) is 6.54 Å². The second-order valence-corrected chi connectivity index (χ2v) is 5.80. The van der Waals surface area contributed by atoms with Gasteiger partial charge in [0.05, 0.1) is 11.6 Å². The van der Waals surface area contributed by atoms with E-state index < -0.39 is 0 Å². The van der Waals surface area contributed by atoms with Crippen molar-refractivity contribution < 1.29 is 0 Å². The van der Waals surface area contributed by atoms with Crippen LogP contribution in [0.15, 0.2) is 36.4 Å². The average Bonchev–Trinajstić information content (AvgIpc) is 2.38. The lowest BCUT2D eigenvalue weighted by atomic mass is 9.59. The van der Waals surface area contributed by atoms with Crippen LogP contribution in [0.25, 0.3) is 0 Å². The summed E-state index contributed by atoms with van der Waals surface area (Å²) in [7, 11) is 0. The summed E-state index contributed by atoms with van der Waals surface area (Å²) >= 11 is 0. The molecule has 1 spiro atoms. The van der Waals surface area contributed by atoms with E-state index in [2.05, 4.69) is 30.1 Å². The lowest BCUT2D eigenvalue weighted by Gasteiger charge is -2.49. The summed E-state index contributed by atoms with van der Waals surface area (Å²) in [4.78, 5) is 0. The topological polar surface area (TPSA) is 35.8 Å². The van der Waals surface area contributed by atoms with Crippen molar-refractivity contribution in [1.82, 2.24) is 5.32 Å². The Balaban J connectivity index is 0.00000133. The molecule has 3 heteroatoms. The van der Waals surface area contributed by atoms with E-state index >= 15 is 0 Å². The molecular weight excluding hydrogens is 256 g/mol. The van der Waals surface area contributed by atoms with Gasteiger partial charge in [-0.05, 0) is 55.3 Å². The van der Waals surface area contributed by atoms with Crippen molar-refractivity contribution in [3.8, 4) is 6.07 Å². The van der Waals surface area contributed by atoms with Crippen LogP contribution in [0, 0.1) is 16.7 Å². The fourth-order valence-corrected chi connectivity index (χ4v) is 3.47. The van der Waals surface area contributed by atoms with Gasteiger partial charge < -0.3 is 5.32 Å². The van der Waals surface area contributed by atoms with Gasteiger partial charge in [0.1, 0.15) is 0 Å². The number of benzene rings is 1. The molecule has 1 aromatic carbocycles. The van der Waals surface area contributed by atoms with Crippen molar-refractivity contribution >= 4 is 12.4 Å². The molecule has 1 aromatic rings. The molecule has 0 bridgehead atoms. The van der Waals surface area contributed by atoms with Crippen molar-refractivity contribution in [3.63, 3.8) is 0 Å². The number of nitrogens with one attached hydrogen (secondary N) is 1. The van der Waals surface area contributed by atoms with Crippen LogP contribution in [0.1, 0.15) is 42.9 Å². The number of hydrogen-bond acceptors (Lipinski definition) is 2. The Morgan fingerprint density at radius 1 is 1.26 bits per heavy atom. The summed E-state index contributed by atoms with van der Waals surface area (Å²) < 4.78 is 0. The smallest absolute Gasteiger partial charge is 0.0991 e. The van der Waals surface area contributed by atoms with Gasteiger partial charge in [-0.2, -0.15) is 5.26 Å². The summed E-state index contributed by atoms with van der Waals surface area (Å²) in [6.07, 6.45) is 4.90. The minimum absolute atomic E-state index is 0. The van der Waals surface area contributed by atoms with E-state index in [4.69, 9.17) is 5.26 Å². The van der Waals surface area contributed by atoms with Crippen LogP contribution >= 0.6 is 12.4 Å². The van der Waals surface area contributed by atoms with Crippen molar-refractivity contribution in [3.05, 3.63) is 47.5 Å². The van der Waals surface area contributed by atoms with Gasteiger partial charge in [-0.25, -0.2) is 0 Å². The molecule has 1 aliphatic heterocycles. The van der Waals surface area contributed by atoms with E-state index in [1.165, 1.54) is 36.8 Å². The van der Waals surface area contributed by atoms with Gasteiger partial charge in [-0.1, -0.05) is 24.3 Å². The van der Waals surface area contributed by atoms with Crippen LogP contribution in [0.2, 0.25) is 0 Å². The van der Waals surface area contributed by atoms with Crippen LogP contribution < -0.4 is 5.32 Å². The van der Waals surface area contributed by atoms with Crippen molar-refractivity contribution in [2.75, 3.05) is 6.54 Å². The Labute approximate surface area is 120 Å². The monoisotopic (exact) mass is 274 g/mol. The Bertz CT molecular complexity index is 505. The Kier molecular flexibility index (Phi) is 3.99. The predicted octanol–water partition coefficient (Wildman–Crippen LogP) is 3.74. The molecular formula is C16H19ClN2. The second-order valence-electron chi connectivity index (χ2n) is 5.80. The van der Waals surface area contributed by atoms with E-state index in [1.54, 1.807) is 0 Å². The van der Waals surface area contributed by atoms with Gasteiger partial charge in [0.25, 0.3) is 0 Å². The first-order valence-electron chi connectivity index (χ1n) is 6.61. The van der Waals surface area contributed by atoms with Gasteiger partial charge in [-0.3, -0.25) is 0 Å². The van der Waals surface area contributed by atoms with E-state index in [9.17, 15) is 0 Å². The molecule has 1 heterocycles. The number of nitrogens with zero attached hydrogens (tertiary/aromatic N) is 1. The third-order valence-electron chi connectivity index (χ3n) is 4.38. The van der Waals surface area contributed by atoms with E-state index in [0.29, 0.717) is 11.5 Å². The minimum Gasteiger partial charge on any atom is -0.310 e. The van der Waals surface area contributed by atoms with Gasteiger partial charge in [0.2, 0.25) is 0 Å². The van der Waals surface area contributed by atoms with Gasteiger partial charge in [-0.15, -0.1) is 12.4 Å². The molecule has 1 saturated heterocycles. The zero-order valence-corrected chi connectivity index (χ0v) is 11.8. The molecule has 0 unspecified atom stereocenters. The minimum atomic E-state index is 0. The maximum Gasteiger partial charge on any atom is 0.0991 e. The zero-order valence-electron chi connectivity index (χ0n) is 11.0. The SMILES string of the molecule is C=C1CC2(CCN[C@H](c3ccc(C#N)cc3)C2)C1.Cl. The lowest BCUT2D eigenvalue weighted by Crippen LogP contribution is -2.43. The largest absolute Gasteiger partial charge is 0.310 e. The molecule has 19 heavy (non-hydrogen) atoms. The number of rotatable bonds is 1. The standard InChI is InChI=1S/C16H18N2.ClH/c1-12-8-16(9-12)6-7-18-15(10-16)14-4-2-13(11-17)3-5-14;/h2-5,15,18H,1,6-10H2;1H/t15-;/m0./s1. The number of hydrogen-bond donors (Lipinski definition) is 1. The van der Waals surface area contributed by atoms with Crippen molar-refractivity contribution in [2.24, 2.45) is 5.41 Å². The first kappa shape index (κ1) is 14.1. The first-order chi connectivity index (χ1) is 8.71. The van der Waals surface area contributed by atoms with Crippen LogP contribution in [0.4, 0.5) is 0 Å². The predicted molar refractivity (Wildman–Crippen MR) is 79.2 cm³/mol. The third-order valence-corrected chi connectivity index (χ3v) is 4.38. The molecule has 1 N–H and O–H groups in total. The normalized spacial score (nSPS) is 24.2. The molecule has 3 rings (SSSR count). The fourth-order valence-electron chi connectivity index (χ4n) is 3.47. The molecule has 0 radical (unpaired) electrons. The van der Waals surface area contributed by atoms with E-state index in [1.807, 2.05) is 12.1 Å². The fraction of sp³-hybridized carbons (Fsp3) is 0.438. The number of piperidine rings is 1. The third kappa shape index (κ3) is 2.68. The van der Waals surface area contributed by atoms with E-state index in [-0.39, 0.29) is 12.4 Å². The molecule has 1 saturated carbocycles. The van der Waals surface area contributed by atoms with Crippen LogP contribution in [-0.2, 0) is 0 Å². The highest BCUT2D eigenvalue weighted by atomic mass is 35.5. The van der Waals surface area contributed by atoms with Crippen LogP contribution in [0.3, 0.4) is 0 Å². The maximum absolute atomic E-state index is 8.82. The molecule has 0 amide bonds. The molecule has 1 atom stereocenters. The quantitative estimate of drug-likeness (QED) is 0.792. The number of halogens is 1. The highest BCUT2D eigenvalue weighted by Gasteiger charge is 2.43. The van der Waals surface area contributed by atoms with Gasteiger partial charge in [0.15, 0.2) is 0 Å². The number of allylic oxidation sites excluding steroid dienone is 1. The van der Waals surface area contributed by atoms with E-state index in [0.717, 1.165) is 12.1 Å². The molecule has 0 aromatic heterocycles. The Morgan fingerprint density at radius 3 is 2.53 bits per heavy atom. The molecule has 2 fully saturated rings. The first-order valence-corrected chi connectivity index (χ1v) is 6.61. The Hall–Kier alpha value is -1.30. The van der Waals surface area contributed by atoms with Gasteiger partial charge >= 0.3 is 0 Å². The second kappa shape index (κ2) is 5.36. The molecule has 2 nitrogen and oxygen atoms in total.